The van der Waals surface area contributed by atoms with Crippen molar-refractivity contribution in [3.8, 4) is 5.75 Å². The molecule has 0 N–H and O–H groups in total. The van der Waals surface area contributed by atoms with E-state index in [0.29, 0.717) is 40.1 Å². The number of amides is 1. The third-order valence-electron chi connectivity index (χ3n) is 4.28. The van der Waals surface area contributed by atoms with Gasteiger partial charge in [-0.3, -0.25) is 14.4 Å². The van der Waals surface area contributed by atoms with Gasteiger partial charge in [0.25, 0.3) is 5.91 Å². The zero-order chi connectivity index (χ0) is 19.5. The minimum Gasteiger partial charge on any atom is -0.497 e. The normalized spacial score (nSPS) is 10.9. The average molecular weight is 413 g/mol. The minimum atomic E-state index is -0.134. The second-order valence-electron chi connectivity index (χ2n) is 6.04. The van der Waals surface area contributed by atoms with Gasteiger partial charge in [0.15, 0.2) is 5.13 Å². The van der Waals surface area contributed by atoms with Gasteiger partial charge >= 0.3 is 0 Å². The quantitative estimate of drug-likeness (QED) is 0.467. The largest absolute Gasteiger partial charge is 0.497 e. The summed E-state index contributed by atoms with van der Waals surface area (Å²) in [6.07, 6.45) is 3.58. The zero-order valence-electron chi connectivity index (χ0n) is 15.1. The second kappa shape index (κ2) is 8.00. The molecular weight excluding hydrogens is 396 g/mol. The van der Waals surface area contributed by atoms with Gasteiger partial charge in [0, 0.05) is 24.5 Å². The van der Waals surface area contributed by atoms with Crippen molar-refractivity contribution < 1.29 is 9.53 Å². The number of methoxy groups -OCH3 is 1. The highest BCUT2D eigenvalue weighted by molar-refractivity contribution is 7.22. The molecule has 0 saturated carbocycles. The third kappa shape index (κ3) is 3.72. The number of rotatable bonds is 6. The van der Waals surface area contributed by atoms with Gasteiger partial charge in [-0.05, 0) is 42.5 Å². The molecule has 4 rings (SSSR count). The van der Waals surface area contributed by atoms with Gasteiger partial charge < -0.3 is 4.74 Å². The molecule has 0 saturated heterocycles. The summed E-state index contributed by atoms with van der Waals surface area (Å²) in [6.45, 7) is 0.989. The Hall–Kier alpha value is -2.90. The molecule has 0 spiro atoms. The highest BCUT2D eigenvalue weighted by Gasteiger charge is 2.22. The molecule has 0 aliphatic carbocycles. The molecule has 4 aromatic rings. The predicted octanol–water partition coefficient (Wildman–Crippen LogP) is 4.50. The Morgan fingerprint density at radius 3 is 2.71 bits per heavy atom. The summed E-state index contributed by atoms with van der Waals surface area (Å²) >= 11 is 7.72. The van der Waals surface area contributed by atoms with Crippen molar-refractivity contribution in [1.29, 1.82) is 0 Å². The van der Waals surface area contributed by atoms with E-state index in [1.165, 1.54) is 11.3 Å². The van der Waals surface area contributed by atoms with E-state index < -0.39 is 0 Å². The first-order valence-electron chi connectivity index (χ1n) is 8.64. The molecule has 6 nitrogen and oxygen atoms in total. The van der Waals surface area contributed by atoms with E-state index in [1.807, 2.05) is 24.4 Å². The highest BCUT2D eigenvalue weighted by atomic mass is 35.5. The Labute approximate surface area is 170 Å². The maximum atomic E-state index is 13.3. The number of thiazole rings is 1. The van der Waals surface area contributed by atoms with Crippen LogP contribution in [-0.2, 0) is 6.54 Å². The number of hydrogen-bond donors (Lipinski definition) is 0. The van der Waals surface area contributed by atoms with E-state index in [-0.39, 0.29) is 5.91 Å². The number of benzene rings is 2. The number of anilines is 1. The zero-order valence-corrected chi connectivity index (χ0v) is 16.7. The number of carbonyl (C=O) groups excluding carboxylic acids is 1. The number of carbonyl (C=O) groups is 1. The summed E-state index contributed by atoms with van der Waals surface area (Å²) in [5.74, 6) is 0.566. The molecule has 2 aromatic heterocycles. The Kier molecular flexibility index (Phi) is 5.27. The summed E-state index contributed by atoms with van der Waals surface area (Å²) in [7, 11) is 1.60. The fourth-order valence-electron chi connectivity index (χ4n) is 2.83. The van der Waals surface area contributed by atoms with Crippen LogP contribution in [0, 0.1) is 0 Å². The number of ether oxygens (including phenoxy) is 1. The molecule has 0 aliphatic heterocycles. The van der Waals surface area contributed by atoms with Crippen LogP contribution in [0.25, 0.3) is 10.2 Å². The first-order chi connectivity index (χ1) is 13.7. The second-order valence-corrected chi connectivity index (χ2v) is 7.45. The van der Waals surface area contributed by atoms with Gasteiger partial charge in [0.1, 0.15) is 11.3 Å². The molecule has 0 unspecified atom stereocenters. The number of halogens is 1. The van der Waals surface area contributed by atoms with Crippen molar-refractivity contribution in [3.63, 3.8) is 0 Å². The lowest BCUT2D eigenvalue weighted by atomic mass is 10.2. The molecule has 142 valence electrons. The Balaban J connectivity index is 1.69. The summed E-state index contributed by atoms with van der Waals surface area (Å²) in [6, 6.07) is 14.5. The van der Waals surface area contributed by atoms with Crippen LogP contribution >= 0.6 is 22.9 Å². The summed E-state index contributed by atoms with van der Waals surface area (Å²) < 4.78 is 7.91. The number of para-hydroxylation sites is 1. The number of nitrogens with zero attached hydrogens (tertiary/aromatic N) is 4. The van der Waals surface area contributed by atoms with Crippen molar-refractivity contribution in [2.45, 2.75) is 6.54 Å². The predicted molar refractivity (Wildman–Crippen MR) is 112 cm³/mol. The Morgan fingerprint density at radius 1 is 1.21 bits per heavy atom. The van der Waals surface area contributed by atoms with Crippen LogP contribution in [0.5, 0.6) is 5.75 Å². The summed E-state index contributed by atoms with van der Waals surface area (Å²) in [5, 5.41) is 5.40. The molecular formula is C20H17ClN4O2S. The van der Waals surface area contributed by atoms with Crippen LogP contribution in [0.4, 0.5) is 5.13 Å². The first-order valence-corrected chi connectivity index (χ1v) is 9.83. The van der Waals surface area contributed by atoms with Gasteiger partial charge in [0.05, 0.1) is 23.4 Å². The molecule has 28 heavy (non-hydrogen) atoms. The molecule has 0 aliphatic rings. The summed E-state index contributed by atoms with van der Waals surface area (Å²) in [5.41, 5.74) is 1.27. The molecule has 0 radical (unpaired) electrons. The Bertz CT molecular complexity index is 1090. The lowest BCUT2D eigenvalue weighted by Gasteiger charge is -2.20. The van der Waals surface area contributed by atoms with Crippen LogP contribution in [-0.4, -0.2) is 34.3 Å². The van der Waals surface area contributed by atoms with Crippen LogP contribution < -0.4 is 9.64 Å². The standard InChI is InChI=1S/C20H17ClN4O2S/c1-27-15-8-6-14(7-9-15)19(26)25(13-12-24-11-3-10-22-24)20-23-18-16(21)4-2-5-17(18)28-20/h2-11H,12-13H2,1H3. The van der Waals surface area contributed by atoms with Crippen LogP contribution in [0.15, 0.2) is 60.9 Å². The topological polar surface area (TPSA) is 60.2 Å². The van der Waals surface area contributed by atoms with Crippen LogP contribution in [0.1, 0.15) is 10.4 Å². The molecule has 8 heteroatoms. The van der Waals surface area contributed by atoms with Gasteiger partial charge in [-0.1, -0.05) is 29.0 Å². The fourth-order valence-corrected chi connectivity index (χ4v) is 4.12. The number of fused-ring (bicyclic) bond motifs is 1. The first kappa shape index (κ1) is 18.5. The van der Waals surface area contributed by atoms with Gasteiger partial charge in [0.2, 0.25) is 0 Å². The molecule has 0 atom stereocenters. The maximum absolute atomic E-state index is 13.3. The fraction of sp³-hybridized carbons (Fsp3) is 0.150. The van der Waals surface area contributed by atoms with Crippen LogP contribution in [0.2, 0.25) is 5.02 Å². The molecule has 2 heterocycles. The van der Waals surface area contributed by atoms with Crippen molar-refractivity contribution >= 4 is 44.2 Å². The van der Waals surface area contributed by atoms with E-state index in [2.05, 4.69) is 10.1 Å². The Morgan fingerprint density at radius 2 is 2.04 bits per heavy atom. The highest BCUT2D eigenvalue weighted by Crippen LogP contribution is 2.33. The van der Waals surface area contributed by atoms with E-state index in [9.17, 15) is 4.79 Å². The van der Waals surface area contributed by atoms with Crippen molar-refractivity contribution in [1.82, 2.24) is 14.8 Å². The third-order valence-corrected chi connectivity index (χ3v) is 5.63. The lowest BCUT2D eigenvalue weighted by molar-refractivity contribution is 0.0986. The number of hydrogen-bond acceptors (Lipinski definition) is 5. The smallest absolute Gasteiger partial charge is 0.260 e. The van der Waals surface area contributed by atoms with E-state index in [4.69, 9.17) is 16.3 Å². The van der Waals surface area contributed by atoms with E-state index in [1.54, 1.807) is 53.2 Å². The van der Waals surface area contributed by atoms with Gasteiger partial charge in [-0.2, -0.15) is 5.10 Å². The molecule has 2 aromatic carbocycles. The minimum absolute atomic E-state index is 0.134. The van der Waals surface area contributed by atoms with Crippen LogP contribution in [0.3, 0.4) is 0 Å². The number of aromatic nitrogens is 3. The SMILES string of the molecule is COc1ccc(C(=O)N(CCn2cccn2)c2nc3c(Cl)cccc3s2)cc1. The van der Waals surface area contributed by atoms with Gasteiger partial charge in [-0.25, -0.2) is 4.98 Å². The van der Waals surface area contributed by atoms with Crippen molar-refractivity contribution in [2.24, 2.45) is 0 Å². The lowest BCUT2D eigenvalue weighted by Crippen LogP contribution is -2.34. The summed E-state index contributed by atoms with van der Waals surface area (Å²) in [4.78, 5) is 19.6. The molecule has 1 amide bonds. The maximum Gasteiger partial charge on any atom is 0.260 e. The van der Waals surface area contributed by atoms with Crippen molar-refractivity contribution in [3.05, 3.63) is 71.5 Å². The molecule has 0 fully saturated rings. The van der Waals surface area contributed by atoms with E-state index >= 15 is 0 Å². The monoisotopic (exact) mass is 412 g/mol. The van der Waals surface area contributed by atoms with Gasteiger partial charge in [-0.15, -0.1) is 0 Å². The van der Waals surface area contributed by atoms with E-state index in [0.717, 1.165) is 4.70 Å². The molecule has 0 bridgehead atoms. The average Bonchev–Trinajstić information content (AvgIpc) is 3.39. The van der Waals surface area contributed by atoms with Crippen molar-refractivity contribution in [2.75, 3.05) is 18.6 Å².